The predicted octanol–water partition coefficient (Wildman–Crippen LogP) is 0.0736. The van der Waals surface area contributed by atoms with Crippen molar-refractivity contribution in [1.82, 2.24) is 9.55 Å². The number of carbonyl (C=O) groups excluding carboxylic acids is 4. The van der Waals surface area contributed by atoms with Gasteiger partial charge in [-0.3, -0.25) is 23.7 Å². The second-order valence-electron chi connectivity index (χ2n) is 6.28. The van der Waals surface area contributed by atoms with Crippen LogP contribution < -0.4 is 5.32 Å². The Morgan fingerprint density at radius 1 is 1.13 bits per heavy atom. The van der Waals surface area contributed by atoms with Crippen molar-refractivity contribution in [2.45, 2.75) is 52.2 Å². The van der Waals surface area contributed by atoms with Crippen LogP contribution in [0.15, 0.2) is 6.33 Å². The van der Waals surface area contributed by atoms with Crippen LogP contribution in [-0.4, -0.2) is 63.2 Å². The fourth-order valence-corrected chi connectivity index (χ4v) is 2.88. The number of aromatic nitrogens is 2. The third-order valence-electron chi connectivity index (χ3n) is 3.86. The zero-order chi connectivity index (χ0) is 22.6. The van der Waals surface area contributed by atoms with Crippen molar-refractivity contribution in [2.24, 2.45) is 0 Å². The van der Waals surface area contributed by atoms with Gasteiger partial charge in [-0.2, -0.15) is 0 Å². The second-order valence-corrected chi connectivity index (χ2v) is 6.28. The van der Waals surface area contributed by atoms with E-state index in [9.17, 15) is 29.3 Å². The number of rotatable bonds is 7. The third kappa shape index (κ3) is 5.28. The van der Waals surface area contributed by atoms with Crippen molar-refractivity contribution >= 4 is 35.5 Å². The van der Waals surface area contributed by atoms with Gasteiger partial charge in [0.2, 0.25) is 18.1 Å². The molecule has 4 unspecified atom stereocenters. The zero-order valence-corrected chi connectivity index (χ0v) is 16.5. The first-order valence-electron chi connectivity index (χ1n) is 8.63. The minimum atomic E-state index is -1.29. The summed E-state index contributed by atoms with van der Waals surface area (Å²) in [5.74, 6) is -3.76. The Morgan fingerprint density at radius 3 is 2.23 bits per heavy atom. The molecule has 2 heterocycles. The number of nitrogens with one attached hydrogen (secondary N) is 1. The number of nitrogens with zero attached hydrogens (tertiary/aromatic N) is 3. The Morgan fingerprint density at radius 2 is 1.73 bits per heavy atom. The van der Waals surface area contributed by atoms with Crippen LogP contribution in [0.2, 0.25) is 0 Å². The van der Waals surface area contributed by atoms with E-state index >= 15 is 0 Å². The van der Waals surface area contributed by atoms with Gasteiger partial charge in [0, 0.05) is 27.7 Å². The van der Waals surface area contributed by atoms with Gasteiger partial charge in [-0.05, 0) is 9.91 Å². The van der Waals surface area contributed by atoms with Gasteiger partial charge >= 0.3 is 23.7 Å². The molecular formula is C16H20N4O10. The van der Waals surface area contributed by atoms with E-state index in [1.54, 1.807) is 0 Å². The monoisotopic (exact) mass is 428 g/mol. The van der Waals surface area contributed by atoms with Gasteiger partial charge in [-0.1, -0.05) is 0 Å². The Kier molecular flexibility index (Phi) is 7.05. The molecule has 14 heteroatoms. The molecule has 1 N–H and O–H groups in total. The van der Waals surface area contributed by atoms with E-state index in [0.29, 0.717) is 0 Å². The normalized spacial score (nSPS) is 22.8. The number of esters is 3. The van der Waals surface area contributed by atoms with Crippen LogP contribution in [0.4, 0.5) is 11.6 Å². The Balaban J connectivity index is 2.51. The molecule has 164 valence electrons. The summed E-state index contributed by atoms with van der Waals surface area (Å²) in [6.45, 7) is 4.16. The lowest BCUT2D eigenvalue weighted by Gasteiger charge is -2.23. The molecule has 2 rings (SSSR count). The molecule has 0 bridgehead atoms. The predicted molar refractivity (Wildman–Crippen MR) is 94.8 cm³/mol. The van der Waals surface area contributed by atoms with E-state index in [2.05, 4.69) is 10.3 Å². The van der Waals surface area contributed by atoms with Crippen molar-refractivity contribution in [3.63, 3.8) is 0 Å². The molecule has 0 spiro atoms. The summed E-state index contributed by atoms with van der Waals surface area (Å²) in [7, 11) is 0. The first kappa shape index (κ1) is 22.7. The highest BCUT2D eigenvalue weighted by molar-refractivity contribution is 5.89. The fourth-order valence-electron chi connectivity index (χ4n) is 2.88. The molecule has 0 aliphatic carbocycles. The van der Waals surface area contributed by atoms with Crippen molar-refractivity contribution < 1.29 is 43.0 Å². The Bertz CT molecular complexity index is 866. The molecule has 1 fully saturated rings. The lowest BCUT2D eigenvalue weighted by molar-refractivity contribution is -0.388. The van der Waals surface area contributed by atoms with Crippen LogP contribution in [0, 0.1) is 10.1 Å². The SMILES string of the molecule is CC(=O)Nc1c([N+](=O)[O-])ncn1C1OC(COC(C)=O)C(OC(C)=O)C1OC(C)=O. The van der Waals surface area contributed by atoms with E-state index in [1.807, 2.05) is 0 Å². The van der Waals surface area contributed by atoms with Gasteiger partial charge in [0.15, 0.2) is 18.4 Å². The Hall–Kier alpha value is -3.55. The zero-order valence-electron chi connectivity index (χ0n) is 16.5. The molecule has 14 nitrogen and oxygen atoms in total. The molecule has 1 amide bonds. The van der Waals surface area contributed by atoms with Crippen LogP contribution >= 0.6 is 0 Å². The van der Waals surface area contributed by atoms with Gasteiger partial charge < -0.3 is 34.4 Å². The largest absolute Gasteiger partial charge is 0.463 e. The molecule has 30 heavy (non-hydrogen) atoms. The number of carbonyl (C=O) groups is 4. The van der Waals surface area contributed by atoms with Crippen LogP contribution in [0.1, 0.15) is 33.9 Å². The van der Waals surface area contributed by atoms with E-state index in [4.69, 9.17) is 18.9 Å². The minimum absolute atomic E-state index is 0.329. The number of ether oxygens (including phenoxy) is 4. The quantitative estimate of drug-likeness (QED) is 0.269. The first-order valence-corrected chi connectivity index (χ1v) is 8.63. The lowest BCUT2D eigenvalue weighted by Crippen LogP contribution is -2.40. The topological polar surface area (TPSA) is 178 Å². The number of hydrogen-bond donors (Lipinski definition) is 1. The van der Waals surface area contributed by atoms with Crippen LogP contribution in [-0.2, 0) is 38.1 Å². The van der Waals surface area contributed by atoms with Crippen LogP contribution in [0.25, 0.3) is 0 Å². The van der Waals surface area contributed by atoms with E-state index in [1.165, 1.54) is 0 Å². The molecule has 0 aromatic carbocycles. The summed E-state index contributed by atoms with van der Waals surface area (Å²) in [4.78, 5) is 60.0. The third-order valence-corrected chi connectivity index (χ3v) is 3.86. The molecule has 1 aromatic heterocycles. The van der Waals surface area contributed by atoms with Gasteiger partial charge in [0.1, 0.15) is 12.7 Å². The van der Waals surface area contributed by atoms with Gasteiger partial charge in [0.25, 0.3) is 0 Å². The van der Waals surface area contributed by atoms with Crippen molar-refractivity contribution in [3.05, 3.63) is 16.4 Å². The van der Waals surface area contributed by atoms with E-state index in [0.717, 1.165) is 38.6 Å². The average Bonchev–Trinajstić information content (AvgIpc) is 3.14. The lowest BCUT2D eigenvalue weighted by atomic mass is 10.1. The molecule has 0 radical (unpaired) electrons. The average molecular weight is 428 g/mol. The molecule has 1 aromatic rings. The molecular weight excluding hydrogens is 408 g/mol. The number of nitro groups is 1. The smallest absolute Gasteiger partial charge is 0.406 e. The summed E-state index contributed by atoms with van der Waals surface area (Å²) >= 11 is 0. The maximum Gasteiger partial charge on any atom is 0.406 e. The second kappa shape index (κ2) is 9.30. The van der Waals surface area contributed by atoms with E-state index < -0.39 is 59.1 Å². The summed E-state index contributed by atoms with van der Waals surface area (Å²) in [5, 5.41) is 13.5. The number of amides is 1. The molecule has 4 atom stereocenters. The van der Waals surface area contributed by atoms with Crippen LogP contribution in [0.5, 0.6) is 0 Å². The number of imidazole rings is 1. The van der Waals surface area contributed by atoms with Crippen molar-refractivity contribution in [1.29, 1.82) is 0 Å². The Labute approximate surface area is 169 Å². The standard InChI is InChI=1S/C16H20N4O10/c1-7(21)18-15-14(20(25)26)17-6-19(15)16-13(29-10(4)24)12(28-9(3)23)11(30-16)5-27-8(2)22/h6,11-13,16H,5H2,1-4H3,(H,18,21). The van der Waals surface area contributed by atoms with E-state index in [-0.39, 0.29) is 12.4 Å². The first-order chi connectivity index (χ1) is 14.0. The highest BCUT2D eigenvalue weighted by Crippen LogP contribution is 2.38. The summed E-state index contributed by atoms with van der Waals surface area (Å²) in [5.41, 5.74) is 0. The maximum atomic E-state index is 11.7. The molecule has 1 saturated heterocycles. The summed E-state index contributed by atoms with van der Waals surface area (Å²) in [6.07, 6.45) is -3.85. The molecule has 1 aliphatic heterocycles. The molecule has 0 saturated carbocycles. The summed E-state index contributed by atoms with van der Waals surface area (Å²) in [6, 6.07) is 0. The van der Waals surface area contributed by atoms with Gasteiger partial charge in [-0.15, -0.1) is 0 Å². The van der Waals surface area contributed by atoms with Crippen molar-refractivity contribution in [2.75, 3.05) is 11.9 Å². The number of hydrogen-bond acceptors (Lipinski definition) is 11. The van der Waals surface area contributed by atoms with Gasteiger partial charge in [0.05, 0.1) is 0 Å². The minimum Gasteiger partial charge on any atom is -0.463 e. The maximum absolute atomic E-state index is 11.7. The van der Waals surface area contributed by atoms with Gasteiger partial charge in [-0.25, -0.2) is 0 Å². The molecule has 1 aliphatic rings. The fraction of sp³-hybridized carbons (Fsp3) is 0.562. The highest BCUT2D eigenvalue weighted by atomic mass is 16.7. The number of anilines is 1. The van der Waals surface area contributed by atoms with Crippen molar-refractivity contribution in [3.8, 4) is 0 Å². The summed E-state index contributed by atoms with van der Waals surface area (Å²) < 4.78 is 22.2. The van der Waals surface area contributed by atoms with Crippen LogP contribution in [0.3, 0.4) is 0 Å². The highest BCUT2D eigenvalue weighted by Gasteiger charge is 2.52.